The van der Waals surface area contributed by atoms with E-state index in [9.17, 15) is 14.4 Å². The van der Waals surface area contributed by atoms with E-state index in [4.69, 9.17) is 39.5 Å². The van der Waals surface area contributed by atoms with E-state index in [-0.39, 0.29) is 48.1 Å². The van der Waals surface area contributed by atoms with Gasteiger partial charge in [-0.05, 0) is 98.8 Å². The van der Waals surface area contributed by atoms with Crippen molar-refractivity contribution in [3.63, 3.8) is 0 Å². The molecule has 0 aliphatic carbocycles. The lowest BCUT2D eigenvalue weighted by Gasteiger charge is -2.41. The molecule has 0 spiro atoms. The molecular weight excluding hydrogens is 958 g/mol. The van der Waals surface area contributed by atoms with Gasteiger partial charge in [0.1, 0.15) is 23.5 Å². The van der Waals surface area contributed by atoms with Crippen LogP contribution >= 0.6 is 22.9 Å². The van der Waals surface area contributed by atoms with Crippen LogP contribution in [0.25, 0.3) is 26.5 Å². The maximum Gasteiger partial charge on any atom is 0.318 e. The van der Waals surface area contributed by atoms with Crippen molar-refractivity contribution in [1.29, 1.82) is 0 Å². The van der Waals surface area contributed by atoms with Crippen molar-refractivity contribution in [3.8, 4) is 6.01 Å². The van der Waals surface area contributed by atoms with Crippen molar-refractivity contribution in [3.05, 3.63) is 146 Å². The molecule has 380 valence electrons. The first-order chi connectivity index (χ1) is 35.6. The monoisotopic (exact) mass is 1020 g/mol. The minimum atomic E-state index is -0.331. The van der Waals surface area contributed by atoms with E-state index in [2.05, 4.69) is 72.5 Å². The molecule has 2 fully saturated rings. The first-order valence-electron chi connectivity index (χ1n) is 25.4. The van der Waals surface area contributed by atoms with Gasteiger partial charge in [0.25, 0.3) is 11.6 Å². The summed E-state index contributed by atoms with van der Waals surface area (Å²) in [5.74, 6) is 0.331. The molecule has 15 nitrogen and oxygen atoms in total. The highest BCUT2D eigenvalue weighted by atomic mass is 35.5. The highest BCUT2D eigenvalue weighted by molar-refractivity contribution is 7.10. The summed E-state index contributed by atoms with van der Waals surface area (Å²) >= 11 is 8.19. The molecule has 2 aromatic heterocycles. The number of likely N-dealkylation sites (tertiary alicyclic amines) is 1. The number of ether oxygens (including phenoxy) is 1. The molecule has 5 heterocycles. The largest absolute Gasteiger partial charge is 0.462 e. The molecule has 3 aliphatic heterocycles. The molecule has 8 rings (SSSR count). The van der Waals surface area contributed by atoms with Gasteiger partial charge in [-0.15, -0.1) is 11.3 Å². The van der Waals surface area contributed by atoms with E-state index < -0.39 is 0 Å². The second-order valence-corrected chi connectivity index (χ2v) is 20.2. The van der Waals surface area contributed by atoms with E-state index in [1.54, 1.807) is 29.1 Å². The number of fused-ring (bicyclic) bond motifs is 2. The number of thiazole rings is 1. The average Bonchev–Trinajstić information content (AvgIpc) is 4.12. The van der Waals surface area contributed by atoms with Gasteiger partial charge in [0.05, 0.1) is 29.9 Å². The van der Waals surface area contributed by atoms with Crippen LogP contribution in [0, 0.1) is 13.1 Å². The van der Waals surface area contributed by atoms with Crippen molar-refractivity contribution in [2.45, 2.75) is 89.4 Å². The molecule has 3 aromatic carbocycles. The molecular formula is C56H64ClN11O4S. The number of rotatable bonds is 21. The quantitative estimate of drug-likeness (QED) is 0.0431. The third-order valence-electron chi connectivity index (χ3n) is 14.2. The summed E-state index contributed by atoms with van der Waals surface area (Å²) in [5.41, 5.74) is 5.09. The van der Waals surface area contributed by atoms with Crippen molar-refractivity contribution < 1.29 is 19.1 Å². The maximum absolute atomic E-state index is 13.4. The summed E-state index contributed by atoms with van der Waals surface area (Å²) in [6.45, 7) is 27.0. The smallest absolute Gasteiger partial charge is 0.318 e. The Morgan fingerprint density at radius 3 is 2.60 bits per heavy atom. The van der Waals surface area contributed by atoms with E-state index in [1.165, 1.54) is 17.4 Å². The number of amides is 3. The molecule has 0 saturated carbocycles. The number of hydrogen-bond acceptors (Lipinski definition) is 11. The fourth-order valence-corrected chi connectivity index (χ4v) is 11.2. The number of aromatic nitrogens is 3. The number of carbonyl (C=O) groups is 3. The van der Waals surface area contributed by atoms with Gasteiger partial charge in [-0.25, -0.2) is 16.4 Å². The van der Waals surface area contributed by atoms with Gasteiger partial charge in [-0.2, -0.15) is 9.97 Å². The van der Waals surface area contributed by atoms with E-state index >= 15 is 0 Å². The molecule has 2 saturated heterocycles. The Morgan fingerprint density at radius 1 is 1.03 bits per heavy atom. The van der Waals surface area contributed by atoms with Crippen LogP contribution in [-0.4, -0.2) is 125 Å². The number of unbranched alkanes of at least 4 members (excludes halogenated alkanes) is 1. The summed E-state index contributed by atoms with van der Waals surface area (Å²) in [7, 11) is 1.75. The van der Waals surface area contributed by atoms with Gasteiger partial charge in [0.2, 0.25) is 18.4 Å². The lowest BCUT2D eigenvalue weighted by molar-refractivity contribution is -0.128. The minimum Gasteiger partial charge on any atom is -0.462 e. The van der Waals surface area contributed by atoms with Crippen LogP contribution in [-0.2, 0) is 33.8 Å². The molecule has 3 atom stereocenters. The van der Waals surface area contributed by atoms with Crippen LogP contribution in [0.1, 0.15) is 85.3 Å². The second-order valence-electron chi connectivity index (χ2n) is 18.9. The summed E-state index contributed by atoms with van der Waals surface area (Å²) in [6, 6.07) is 20.4. The molecule has 3 amide bonds. The molecule has 1 unspecified atom stereocenters. The van der Waals surface area contributed by atoms with Crippen LogP contribution in [0.5, 0.6) is 6.01 Å². The molecule has 5 aromatic rings. The number of aryl methyl sites for hydroxylation is 1. The van der Waals surface area contributed by atoms with E-state index in [1.807, 2.05) is 41.8 Å². The lowest BCUT2D eigenvalue weighted by atomic mass is 9.98. The Labute approximate surface area is 438 Å². The molecule has 0 bridgehead atoms. The Kier molecular flexibility index (Phi) is 18.1. The predicted molar refractivity (Wildman–Crippen MR) is 289 cm³/mol. The number of anilines is 2. The third kappa shape index (κ3) is 12.9. The zero-order valence-electron chi connectivity index (χ0n) is 41.8. The normalized spacial score (nSPS) is 17.4. The van der Waals surface area contributed by atoms with Crippen molar-refractivity contribution >= 4 is 69.0 Å². The number of piperazine rings is 1. The molecule has 0 radical (unpaired) electrons. The fraction of sp³-hybridized carbons (Fsp3) is 0.429. The Bertz CT molecular complexity index is 2860. The lowest BCUT2D eigenvalue weighted by Crippen LogP contribution is -2.56. The van der Waals surface area contributed by atoms with Crippen LogP contribution in [0.4, 0.5) is 11.5 Å². The van der Waals surface area contributed by atoms with Gasteiger partial charge < -0.3 is 34.5 Å². The Morgan fingerprint density at radius 2 is 1.85 bits per heavy atom. The molecule has 17 heteroatoms. The van der Waals surface area contributed by atoms with Crippen molar-refractivity contribution in [1.82, 2.24) is 35.0 Å². The average molecular weight is 1020 g/mol. The number of hydrogen-bond donors (Lipinski definition) is 1. The summed E-state index contributed by atoms with van der Waals surface area (Å²) in [4.78, 5) is 71.1. The molecule has 3 aliphatic rings. The molecule has 1 N–H and O–H groups in total. The number of nitrogens with one attached hydrogen (secondary N) is 1. The summed E-state index contributed by atoms with van der Waals surface area (Å²) < 4.78 is 6.56. The number of carbonyl (C=O) groups excluding carboxylic acids is 3. The number of nitrogens with zero attached hydrogens (tertiary/aromatic N) is 10. The Hall–Kier alpha value is -6.85. The summed E-state index contributed by atoms with van der Waals surface area (Å²) in [5, 5.41) is 8.36. The van der Waals surface area contributed by atoms with Crippen molar-refractivity contribution in [2.75, 3.05) is 75.8 Å². The highest BCUT2D eigenvalue weighted by Gasteiger charge is 2.35. The molecule has 73 heavy (non-hydrogen) atoms. The number of benzene rings is 3. The zero-order chi connectivity index (χ0) is 51.3. The summed E-state index contributed by atoms with van der Waals surface area (Å²) in [6.07, 6.45) is 11.7. The third-order valence-corrected chi connectivity index (χ3v) is 15.3. The standard InChI is InChI=1S/C56H64ClN11O4S/c1-6-13-48(64(5)55(71)46(59-4)34-51-61-27-33-73-51)40-22-19-39(20-23-40)21-24-50(69)60-26-8-9-28-65-29-12-16-42(65)38-72-56-62-47-37-66(49-18-11-15-41-14-10-17-45(57)53(41)49)30-25-44(47)54(63-56)67-31-32-68(52(70)7-2)43(36-67)35-58-3/h7,10-11,14-15,17-20,22-23,27,33-34,42-43,48H,2,6,8-9,12-13,16,21,24-26,28-32,35-38H2,1,5H3,(H,60,69)/b46-34-/t42-,43-,48?/m0/s1. The minimum absolute atomic E-state index is 0.0203. The van der Waals surface area contributed by atoms with Gasteiger partial charge in [-0.3, -0.25) is 19.3 Å². The van der Waals surface area contributed by atoms with E-state index in [0.29, 0.717) is 74.6 Å². The van der Waals surface area contributed by atoms with Crippen LogP contribution in [0.15, 0.2) is 90.6 Å². The SMILES string of the molecule is [C-]#[N+]C[C@H]1CN(c2nc(OC[C@@H]3CCCN3CCCCNC(=O)CCc3ccc(C(CCC)N(C)C(=O)/C(=C/c4nccs4)[N+]#[C-])cc3)nc3c2CCN(c2cccc4cccc(Cl)c24)C3)CCN1C(=O)C=C. The number of likely N-dealkylation sites (N-methyl/N-ethyl adjacent to an activating group) is 1. The Balaban J connectivity index is 0.839. The number of halogens is 1. The van der Waals surface area contributed by atoms with Crippen LogP contribution < -0.4 is 19.9 Å². The van der Waals surface area contributed by atoms with E-state index in [0.717, 1.165) is 103 Å². The van der Waals surface area contributed by atoms with Crippen LogP contribution in [0.2, 0.25) is 5.02 Å². The maximum atomic E-state index is 13.4. The first-order valence-corrected chi connectivity index (χ1v) is 26.7. The second kappa shape index (κ2) is 25.2. The predicted octanol–water partition coefficient (Wildman–Crippen LogP) is 9.06. The van der Waals surface area contributed by atoms with Gasteiger partial charge in [0, 0.05) is 80.4 Å². The first kappa shape index (κ1) is 52.5. The van der Waals surface area contributed by atoms with Gasteiger partial charge >= 0.3 is 6.01 Å². The topological polar surface area (TPSA) is 136 Å². The zero-order valence-corrected chi connectivity index (χ0v) is 43.4. The fourth-order valence-electron chi connectivity index (χ4n) is 10.4. The van der Waals surface area contributed by atoms with Crippen molar-refractivity contribution in [2.24, 2.45) is 0 Å². The van der Waals surface area contributed by atoms with Gasteiger partial charge in [-0.1, -0.05) is 80.1 Å². The van der Waals surface area contributed by atoms with Crippen LogP contribution in [0.3, 0.4) is 0 Å². The van der Waals surface area contributed by atoms with Gasteiger partial charge in [0.15, 0.2) is 0 Å². The highest BCUT2D eigenvalue weighted by Crippen LogP contribution is 2.38.